The first-order chi connectivity index (χ1) is 7.97. The van der Waals surface area contributed by atoms with E-state index in [4.69, 9.17) is 0 Å². The van der Waals surface area contributed by atoms with Gasteiger partial charge >= 0.3 is 0 Å². The fourth-order valence-electron chi connectivity index (χ4n) is 1.91. The molecule has 0 aromatic carbocycles. The molecule has 0 saturated heterocycles. The largest absolute Gasteiger partial charge is 0.268 e. The maximum absolute atomic E-state index is 4.52. The highest BCUT2D eigenvalue weighted by molar-refractivity contribution is 9.10. The highest BCUT2D eigenvalue weighted by atomic mass is 79.9. The monoisotopic (exact) mass is 364 g/mol. The molecule has 0 fully saturated rings. The average Bonchev–Trinajstić information content (AvgIpc) is 2.56. The van der Waals surface area contributed by atoms with Gasteiger partial charge in [0.05, 0.1) is 15.9 Å². The Bertz CT molecular complexity index is 359. The van der Waals surface area contributed by atoms with Crippen molar-refractivity contribution in [3.05, 3.63) is 15.9 Å². The minimum absolute atomic E-state index is 0.625. The van der Waals surface area contributed by atoms with Crippen molar-refractivity contribution in [1.29, 1.82) is 0 Å². The predicted octanol–water partition coefficient (Wildman–Crippen LogP) is 4.72. The van der Waals surface area contributed by atoms with Gasteiger partial charge in [-0.2, -0.15) is 5.10 Å². The Morgan fingerprint density at radius 1 is 1.35 bits per heavy atom. The lowest BCUT2D eigenvalue weighted by atomic mass is 10.0. The van der Waals surface area contributed by atoms with E-state index < -0.39 is 0 Å². The molecule has 0 saturated carbocycles. The van der Waals surface area contributed by atoms with Crippen LogP contribution in [-0.2, 0) is 13.0 Å². The maximum atomic E-state index is 4.52. The normalized spacial score (nSPS) is 13.4. The van der Waals surface area contributed by atoms with Crippen molar-refractivity contribution in [2.24, 2.45) is 5.92 Å². The van der Waals surface area contributed by atoms with Gasteiger partial charge in [0.15, 0.2) is 0 Å². The van der Waals surface area contributed by atoms with Crippen LogP contribution in [0.5, 0.6) is 0 Å². The summed E-state index contributed by atoms with van der Waals surface area (Å²) in [6.45, 7) is 9.67. The van der Waals surface area contributed by atoms with Gasteiger partial charge < -0.3 is 0 Å². The van der Waals surface area contributed by atoms with Crippen LogP contribution in [0.2, 0.25) is 0 Å². The van der Waals surface area contributed by atoms with E-state index in [1.165, 1.54) is 23.0 Å². The number of halogens is 2. The van der Waals surface area contributed by atoms with Crippen LogP contribution in [0.3, 0.4) is 0 Å². The van der Waals surface area contributed by atoms with Crippen molar-refractivity contribution >= 4 is 31.9 Å². The predicted molar refractivity (Wildman–Crippen MR) is 80.8 cm³/mol. The van der Waals surface area contributed by atoms with E-state index in [2.05, 4.69) is 69.3 Å². The molecule has 2 nitrogen and oxygen atoms in total. The van der Waals surface area contributed by atoms with Gasteiger partial charge in [0.1, 0.15) is 0 Å². The van der Waals surface area contributed by atoms with Crippen LogP contribution in [0, 0.1) is 12.8 Å². The molecule has 0 spiro atoms. The van der Waals surface area contributed by atoms with Gasteiger partial charge in [0.25, 0.3) is 0 Å². The fraction of sp³-hybridized carbons (Fsp3) is 0.769. The molecule has 0 aliphatic heterocycles. The smallest absolute Gasteiger partial charge is 0.0738 e. The second kappa shape index (κ2) is 6.93. The molecular weight excluding hydrogens is 344 g/mol. The van der Waals surface area contributed by atoms with E-state index in [1.807, 2.05) is 0 Å². The lowest BCUT2D eigenvalue weighted by Crippen LogP contribution is -2.08. The molecule has 1 unspecified atom stereocenters. The quantitative estimate of drug-likeness (QED) is 0.667. The second-order valence-electron chi connectivity index (χ2n) is 4.81. The topological polar surface area (TPSA) is 17.8 Å². The van der Waals surface area contributed by atoms with Crippen molar-refractivity contribution in [3.8, 4) is 0 Å². The van der Waals surface area contributed by atoms with Gasteiger partial charge in [-0.1, -0.05) is 29.8 Å². The van der Waals surface area contributed by atoms with Gasteiger partial charge in [-0.25, -0.2) is 0 Å². The molecule has 1 aromatic heterocycles. The number of aromatic nitrogens is 2. The zero-order chi connectivity index (χ0) is 13.0. The summed E-state index contributed by atoms with van der Waals surface area (Å²) in [6.07, 6.45) is 3.53. The van der Waals surface area contributed by atoms with Gasteiger partial charge in [-0.05, 0) is 55.0 Å². The lowest BCUT2D eigenvalue weighted by molar-refractivity contribution is 0.545. The molecule has 98 valence electrons. The highest BCUT2D eigenvalue weighted by Crippen LogP contribution is 2.24. The van der Waals surface area contributed by atoms with E-state index in [0.29, 0.717) is 10.7 Å². The van der Waals surface area contributed by atoms with Crippen molar-refractivity contribution in [3.63, 3.8) is 0 Å². The van der Waals surface area contributed by atoms with Crippen molar-refractivity contribution in [2.75, 3.05) is 0 Å². The highest BCUT2D eigenvalue weighted by Gasteiger charge is 2.13. The average molecular weight is 366 g/mol. The molecule has 0 bridgehead atoms. The summed E-state index contributed by atoms with van der Waals surface area (Å²) in [5, 5.41) is 4.52. The minimum atomic E-state index is 0.625. The Balaban J connectivity index is 2.57. The molecule has 4 heteroatoms. The van der Waals surface area contributed by atoms with Crippen LogP contribution in [0.4, 0.5) is 0 Å². The van der Waals surface area contributed by atoms with Gasteiger partial charge in [-0.15, -0.1) is 0 Å². The maximum Gasteiger partial charge on any atom is 0.0738 e. The molecule has 1 heterocycles. The van der Waals surface area contributed by atoms with E-state index in [1.54, 1.807) is 0 Å². The van der Waals surface area contributed by atoms with Crippen molar-refractivity contribution in [2.45, 2.75) is 58.3 Å². The fourth-order valence-corrected chi connectivity index (χ4v) is 2.71. The minimum Gasteiger partial charge on any atom is -0.268 e. The van der Waals surface area contributed by atoms with Crippen LogP contribution in [0.25, 0.3) is 0 Å². The van der Waals surface area contributed by atoms with E-state index in [9.17, 15) is 0 Å². The SMILES string of the molecule is CCn1nc(C)c(Br)c1CCCC(Br)C(C)C. The Morgan fingerprint density at radius 3 is 2.53 bits per heavy atom. The molecule has 0 aliphatic carbocycles. The first-order valence-corrected chi connectivity index (χ1v) is 8.04. The Kier molecular flexibility index (Phi) is 6.21. The van der Waals surface area contributed by atoms with Crippen molar-refractivity contribution in [1.82, 2.24) is 9.78 Å². The number of hydrogen-bond donors (Lipinski definition) is 0. The van der Waals surface area contributed by atoms with Crippen LogP contribution in [0.15, 0.2) is 4.47 Å². The summed E-state index contributed by atoms with van der Waals surface area (Å²) >= 11 is 7.38. The molecule has 0 aliphatic rings. The summed E-state index contributed by atoms with van der Waals surface area (Å²) in [4.78, 5) is 0.625. The lowest BCUT2D eigenvalue weighted by Gasteiger charge is -2.13. The Labute approximate surface area is 121 Å². The number of hydrogen-bond acceptors (Lipinski definition) is 1. The van der Waals surface area contributed by atoms with Crippen LogP contribution in [-0.4, -0.2) is 14.6 Å². The number of rotatable bonds is 6. The Hall–Kier alpha value is 0.170. The Morgan fingerprint density at radius 2 is 2.00 bits per heavy atom. The number of nitrogens with zero attached hydrogens (tertiary/aromatic N) is 2. The molecule has 0 radical (unpaired) electrons. The molecule has 17 heavy (non-hydrogen) atoms. The molecule has 0 N–H and O–H groups in total. The van der Waals surface area contributed by atoms with E-state index in [0.717, 1.165) is 18.7 Å². The summed E-state index contributed by atoms with van der Waals surface area (Å²) in [5.74, 6) is 0.705. The third-order valence-corrected chi connectivity index (χ3v) is 5.62. The number of alkyl halides is 1. The number of aryl methyl sites for hydroxylation is 2. The zero-order valence-electron chi connectivity index (χ0n) is 11.1. The summed E-state index contributed by atoms with van der Waals surface area (Å²) < 4.78 is 3.30. The third kappa shape index (κ3) is 4.09. The molecule has 0 amide bonds. The van der Waals surface area contributed by atoms with E-state index >= 15 is 0 Å². The molecular formula is C13H22Br2N2. The van der Waals surface area contributed by atoms with Gasteiger partial charge in [-0.3, -0.25) is 4.68 Å². The molecule has 1 aromatic rings. The van der Waals surface area contributed by atoms with Crippen LogP contribution in [0.1, 0.15) is 45.0 Å². The van der Waals surface area contributed by atoms with Crippen molar-refractivity contribution < 1.29 is 0 Å². The second-order valence-corrected chi connectivity index (χ2v) is 6.78. The summed E-state index contributed by atoms with van der Waals surface area (Å²) in [5.41, 5.74) is 2.44. The molecule has 1 atom stereocenters. The first kappa shape index (κ1) is 15.2. The van der Waals surface area contributed by atoms with E-state index in [-0.39, 0.29) is 0 Å². The van der Waals surface area contributed by atoms with Crippen LogP contribution < -0.4 is 0 Å². The summed E-state index contributed by atoms with van der Waals surface area (Å²) in [6, 6.07) is 0. The standard InChI is InChI=1S/C13H22Br2N2/c1-5-17-12(13(15)10(4)16-17)8-6-7-11(14)9(2)3/h9,11H,5-8H2,1-4H3. The first-order valence-electron chi connectivity index (χ1n) is 6.33. The zero-order valence-corrected chi connectivity index (χ0v) is 14.3. The van der Waals surface area contributed by atoms with Crippen LogP contribution >= 0.6 is 31.9 Å². The summed E-state index contributed by atoms with van der Waals surface area (Å²) in [7, 11) is 0. The molecule has 1 rings (SSSR count). The third-order valence-electron chi connectivity index (χ3n) is 3.07. The van der Waals surface area contributed by atoms with Gasteiger partial charge in [0.2, 0.25) is 0 Å². The van der Waals surface area contributed by atoms with Gasteiger partial charge in [0, 0.05) is 11.4 Å².